The number of rotatable bonds is 3. The fourth-order valence-corrected chi connectivity index (χ4v) is 4.43. The Morgan fingerprint density at radius 2 is 2.05 bits per heavy atom. The Kier molecular flexibility index (Phi) is 4.03. The number of aryl methyl sites for hydroxylation is 1. The van der Waals surface area contributed by atoms with Crippen LogP contribution in [-0.2, 0) is 0 Å². The first-order valence-corrected chi connectivity index (χ1v) is 9.09. The van der Waals surface area contributed by atoms with Crippen LogP contribution in [0.25, 0.3) is 10.2 Å². The largest absolute Gasteiger partial charge is 0.368 e. The molecular weight excluding hydrogens is 288 g/mol. The van der Waals surface area contributed by atoms with Crippen LogP contribution in [0.3, 0.4) is 0 Å². The topological polar surface area (TPSA) is 63.8 Å². The molecule has 2 heterocycles. The van der Waals surface area contributed by atoms with Gasteiger partial charge in [-0.3, -0.25) is 0 Å². The molecule has 2 aromatic rings. The molecule has 108 valence electrons. The van der Waals surface area contributed by atoms with Crippen molar-refractivity contribution in [2.24, 2.45) is 0 Å². The van der Waals surface area contributed by atoms with E-state index in [1.54, 1.807) is 11.3 Å². The van der Waals surface area contributed by atoms with E-state index in [4.69, 9.17) is 5.73 Å². The predicted octanol–water partition coefficient (Wildman–Crippen LogP) is 3.67. The maximum Gasteiger partial charge on any atom is 0.223 e. The van der Waals surface area contributed by atoms with Crippen molar-refractivity contribution in [2.45, 2.75) is 43.9 Å². The van der Waals surface area contributed by atoms with Crippen molar-refractivity contribution in [2.75, 3.05) is 17.3 Å². The van der Waals surface area contributed by atoms with Crippen molar-refractivity contribution in [3.8, 4) is 0 Å². The van der Waals surface area contributed by atoms with E-state index in [-0.39, 0.29) is 0 Å². The van der Waals surface area contributed by atoms with E-state index in [1.165, 1.54) is 30.6 Å². The number of nitrogens with one attached hydrogen (secondary N) is 1. The highest BCUT2D eigenvalue weighted by Crippen LogP contribution is 2.32. The highest BCUT2D eigenvalue weighted by Gasteiger charge is 2.21. The van der Waals surface area contributed by atoms with Gasteiger partial charge in [0, 0.05) is 16.2 Å². The summed E-state index contributed by atoms with van der Waals surface area (Å²) in [6, 6.07) is 2.66. The average molecular weight is 308 g/mol. The summed E-state index contributed by atoms with van der Waals surface area (Å²) in [6.45, 7) is 2.09. The summed E-state index contributed by atoms with van der Waals surface area (Å²) in [5.41, 5.74) is 5.82. The summed E-state index contributed by atoms with van der Waals surface area (Å²) < 4.78 is 0. The standard InChI is InChI=1S/C14H20N4S2/c1-8-7-11-12(17-14(15)18-13(11)20-8)16-9-3-5-10(19-2)6-4-9/h7,9-10H,3-6H2,1-2H3,(H3,15,16,17,18). The molecule has 0 saturated heterocycles. The second-order valence-electron chi connectivity index (χ2n) is 5.36. The number of anilines is 2. The minimum Gasteiger partial charge on any atom is -0.368 e. The number of aromatic nitrogens is 2. The summed E-state index contributed by atoms with van der Waals surface area (Å²) in [7, 11) is 0. The number of hydrogen-bond donors (Lipinski definition) is 2. The molecule has 0 radical (unpaired) electrons. The second kappa shape index (κ2) is 5.77. The third-order valence-electron chi connectivity index (χ3n) is 3.88. The molecule has 20 heavy (non-hydrogen) atoms. The minimum atomic E-state index is 0.361. The third-order valence-corrected chi connectivity index (χ3v) is 5.96. The van der Waals surface area contributed by atoms with Crippen LogP contribution in [0, 0.1) is 6.92 Å². The number of fused-ring (bicyclic) bond motifs is 1. The lowest BCUT2D eigenvalue weighted by molar-refractivity contribution is 0.472. The number of nitrogens with two attached hydrogens (primary N) is 1. The summed E-state index contributed by atoms with van der Waals surface area (Å²) in [4.78, 5) is 10.9. The van der Waals surface area contributed by atoms with Crippen LogP contribution >= 0.6 is 23.1 Å². The summed E-state index contributed by atoms with van der Waals surface area (Å²) in [5, 5.41) is 5.52. The van der Waals surface area contributed by atoms with Crippen molar-refractivity contribution in [1.29, 1.82) is 0 Å². The van der Waals surface area contributed by atoms with Crippen LogP contribution in [0.5, 0.6) is 0 Å². The van der Waals surface area contributed by atoms with E-state index in [1.807, 2.05) is 11.8 Å². The first-order chi connectivity index (χ1) is 9.65. The zero-order valence-corrected chi connectivity index (χ0v) is 13.5. The highest BCUT2D eigenvalue weighted by molar-refractivity contribution is 7.99. The van der Waals surface area contributed by atoms with Gasteiger partial charge in [0.05, 0.1) is 5.39 Å². The highest BCUT2D eigenvalue weighted by atomic mass is 32.2. The Labute approximate surface area is 127 Å². The molecule has 0 atom stereocenters. The number of thioether (sulfide) groups is 1. The normalized spacial score (nSPS) is 23.1. The van der Waals surface area contributed by atoms with Crippen molar-refractivity contribution >= 4 is 45.1 Å². The summed E-state index contributed by atoms with van der Waals surface area (Å²) in [5.74, 6) is 1.27. The van der Waals surface area contributed by atoms with Gasteiger partial charge in [-0.25, -0.2) is 4.98 Å². The lowest BCUT2D eigenvalue weighted by Crippen LogP contribution is -2.27. The van der Waals surface area contributed by atoms with Gasteiger partial charge in [-0.15, -0.1) is 11.3 Å². The Morgan fingerprint density at radius 1 is 1.30 bits per heavy atom. The number of hydrogen-bond acceptors (Lipinski definition) is 6. The molecule has 0 bridgehead atoms. The first-order valence-electron chi connectivity index (χ1n) is 6.98. The minimum absolute atomic E-state index is 0.361. The molecule has 0 aromatic carbocycles. The molecule has 1 saturated carbocycles. The van der Waals surface area contributed by atoms with Gasteiger partial charge in [-0.05, 0) is 44.9 Å². The molecule has 0 unspecified atom stereocenters. The van der Waals surface area contributed by atoms with E-state index in [2.05, 4.69) is 34.5 Å². The smallest absolute Gasteiger partial charge is 0.223 e. The van der Waals surface area contributed by atoms with E-state index in [9.17, 15) is 0 Å². The van der Waals surface area contributed by atoms with Crippen LogP contribution in [0.1, 0.15) is 30.6 Å². The fraction of sp³-hybridized carbons (Fsp3) is 0.571. The molecular formula is C14H20N4S2. The van der Waals surface area contributed by atoms with Gasteiger partial charge in [0.1, 0.15) is 10.6 Å². The third kappa shape index (κ3) is 2.86. The van der Waals surface area contributed by atoms with Crippen LogP contribution in [0.15, 0.2) is 6.07 Å². The molecule has 6 heteroatoms. The molecule has 3 N–H and O–H groups in total. The van der Waals surface area contributed by atoms with Crippen LogP contribution in [0.4, 0.5) is 11.8 Å². The maximum atomic E-state index is 5.82. The molecule has 1 aliphatic rings. The molecule has 2 aromatic heterocycles. The maximum absolute atomic E-state index is 5.82. The molecule has 0 spiro atoms. The second-order valence-corrected chi connectivity index (χ2v) is 7.73. The zero-order valence-electron chi connectivity index (χ0n) is 11.8. The van der Waals surface area contributed by atoms with Gasteiger partial charge in [0.15, 0.2) is 0 Å². The number of nitrogen functional groups attached to an aromatic ring is 1. The predicted molar refractivity (Wildman–Crippen MR) is 89.7 cm³/mol. The SMILES string of the molecule is CSC1CCC(Nc2nc(N)nc3sc(C)cc23)CC1. The van der Waals surface area contributed by atoms with Gasteiger partial charge in [0.25, 0.3) is 0 Å². The molecule has 1 aliphatic carbocycles. The van der Waals surface area contributed by atoms with Crippen LogP contribution in [0.2, 0.25) is 0 Å². The van der Waals surface area contributed by atoms with Gasteiger partial charge < -0.3 is 11.1 Å². The first kappa shape index (κ1) is 13.9. The van der Waals surface area contributed by atoms with Crippen molar-refractivity contribution in [3.63, 3.8) is 0 Å². The molecule has 4 nitrogen and oxygen atoms in total. The van der Waals surface area contributed by atoms with Gasteiger partial charge in [-0.1, -0.05) is 0 Å². The molecule has 1 fully saturated rings. The summed E-state index contributed by atoms with van der Waals surface area (Å²) in [6.07, 6.45) is 7.19. The Morgan fingerprint density at radius 3 is 2.75 bits per heavy atom. The Bertz CT molecular complexity index is 602. The van der Waals surface area contributed by atoms with Crippen LogP contribution in [-0.4, -0.2) is 27.5 Å². The Hall–Kier alpha value is -1.01. The van der Waals surface area contributed by atoms with Crippen molar-refractivity contribution < 1.29 is 0 Å². The monoisotopic (exact) mass is 308 g/mol. The van der Waals surface area contributed by atoms with E-state index >= 15 is 0 Å². The van der Waals surface area contributed by atoms with E-state index in [0.29, 0.717) is 12.0 Å². The zero-order chi connectivity index (χ0) is 14.1. The summed E-state index contributed by atoms with van der Waals surface area (Å²) >= 11 is 3.66. The van der Waals surface area contributed by atoms with E-state index in [0.717, 1.165) is 21.3 Å². The van der Waals surface area contributed by atoms with Crippen LogP contribution < -0.4 is 11.1 Å². The van der Waals surface area contributed by atoms with Gasteiger partial charge in [0.2, 0.25) is 5.95 Å². The molecule has 0 aliphatic heterocycles. The molecule has 0 amide bonds. The number of thiophene rings is 1. The number of nitrogens with zero attached hydrogens (tertiary/aromatic N) is 2. The lowest BCUT2D eigenvalue weighted by atomic mass is 9.95. The lowest BCUT2D eigenvalue weighted by Gasteiger charge is -2.28. The molecule has 3 rings (SSSR count). The fourth-order valence-electron chi connectivity index (χ4n) is 2.80. The van der Waals surface area contributed by atoms with Crippen molar-refractivity contribution in [3.05, 3.63) is 10.9 Å². The Balaban J connectivity index is 1.80. The quantitative estimate of drug-likeness (QED) is 0.906. The van der Waals surface area contributed by atoms with E-state index < -0.39 is 0 Å². The average Bonchev–Trinajstić information content (AvgIpc) is 2.80. The van der Waals surface area contributed by atoms with Crippen molar-refractivity contribution in [1.82, 2.24) is 9.97 Å². The van der Waals surface area contributed by atoms with Gasteiger partial charge in [-0.2, -0.15) is 16.7 Å². The van der Waals surface area contributed by atoms with Gasteiger partial charge >= 0.3 is 0 Å².